The first-order valence-corrected chi connectivity index (χ1v) is 5.42. The topological polar surface area (TPSA) is 118 Å². The number of benzene rings is 1. The van der Waals surface area contributed by atoms with Gasteiger partial charge in [-0.1, -0.05) is 12.1 Å². The highest BCUT2D eigenvalue weighted by Gasteiger charge is 2.12. The average Bonchev–Trinajstić information content (AvgIpc) is 2.34. The van der Waals surface area contributed by atoms with Gasteiger partial charge in [-0.05, 0) is 24.1 Å². The summed E-state index contributed by atoms with van der Waals surface area (Å²) >= 11 is 0. The van der Waals surface area contributed by atoms with Gasteiger partial charge in [0.2, 0.25) is 0 Å². The lowest BCUT2D eigenvalue weighted by molar-refractivity contribution is -0.384. The molecule has 7 nitrogen and oxygen atoms in total. The van der Waals surface area contributed by atoms with E-state index in [1.54, 1.807) is 0 Å². The van der Waals surface area contributed by atoms with Gasteiger partial charge in [0.15, 0.2) is 0 Å². The van der Waals surface area contributed by atoms with Crippen LogP contribution in [0.4, 0.5) is 5.69 Å². The van der Waals surface area contributed by atoms with Gasteiger partial charge in [0.05, 0.1) is 10.5 Å². The fourth-order valence-electron chi connectivity index (χ4n) is 1.50. The number of hydrogen-bond acceptors (Lipinski definition) is 4. The van der Waals surface area contributed by atoms with Gasteiger partial charge in [0, 0.05) is 18.2 Å². The summed E-state index contributed by atoms with van der Waals surface area (Å²) in [6, 6.07) is 5.39. The summed E-state index contributed by atoms with van der Waals surface area (Å²) in [5.41, 5.74) is -0.0810. The van der Waals surface area contributed by atoms with Crippen molar-refractivity contribution in [1.29, 1.82) is 0 Å². The van der Waals surface area contributed by atoms with Crippen LogP contribution in [0.2, 0.25) is 0 Å². The molecule has 1 aromatic carbocycles. The normalized spacial score (nSPS) is 12.1. The molecule has 104 valence electrons. The summed E-state index contributed by atoms with van der Waals surface area (Å²) in [6.45, 7) is 1.34. The SMILES string of the molecule is CC(=C\C(=O)O)/C(=C\c1cccc([N+](=O)[O-])c1)C(=O)O. The van der Waals surface area contributed by atoms with E-state index in [2.05, 4.69) is 0 Å². The van der Waals surface area contributed by atoms with Gasteiger partial charge in [-0.3, -0.25) is 10.1 Å². The largest absolute Gasteiger partial charge is 0.478 e. The first-order valence-electron chi connectivity index (χ1n) is 5.42. The number of nitro groups is 1. The number of carboxylic acid groups (broad SMARTS) is 2. The van der Waals surface area contributed by atoms with E-state index in [1.807, 2.05) is 0 Å². The summed E-state index contributed by atoms with van der Waals surface area (Å²) < 4.78 is 0. The van der Waals surface area contributed by atoms with E-state index in [0.29, 0.717) is 5.56 Å². The monoisotopic (exact) mass is 277 g/mol. The first kappa shape index (κ1) is 15.1. The van der Waals surface area contributed by atoms with Gasteiger partial charge >= 0.3 is 11.9 Å². The Balaban J connectivity index is 3.28. The predicted molar refractivity (Wildman–Crippen MR) is 70.1 cm³/mol. The lowest BCUT2D eigenvalue weighted by Gasteiger charge is -2.02. The zero-order chi connectivity index (χ0) is 15.3. The van der Waals surface area contributed by atoms with Crippen LogP contribution in [0.3, 0.4) is 0 Å². The van der Waals surface area contributed by atoms with E-state index in [9.17, 15) is 19.7 Å². The van der Waals surface area contributed by atoms with Crippen LogP contribution in [0, 0.1) is 10.1 Å². The Morgan fingerprint density at radius 3 is 2.45 bits per heavy atom. The lowest BCUT2D eigenvalue weighted by Crippen LogP contribution is -2.03. The molecule has 0 saturated heterocycles. The van der Waals surface area contributed by atoms with Crippen molar-refractivity contribution in [3.8, 4) is 0 Å². The van der Waals surface area contributed by atoms with Crippen LogP contribution in [-0.2, 0) is 9.59 Å². The molecule has 0 fully saturated rings. The second kappa shape index (κ2) is 6.28. The Hall–Kier alpha value is -2.96. The zero-order valence-corrected chi connectivity index (χ0v) is 10.4. The van der Waals surface area contributed by atoms with E-state index in [0.717, 1.165) is 6.08 Å². The van der Waals surface area contributed by atoms with E-state index < -0.39 is 16.9 Å². The molecule has 1 rings (SSSR count). The van der Waals surface area contributed by atoms with Gasteiger partial charge in [-0.25, -0.2) is 9.59 Å². The number of carbonyl (C=O) groups is 2. The molecule has 2 N–H and O–H groups in total. The maximum atomic E-state index is 11.1. The Morgan fingerprint density at radius 1 is 1.30 bits per heavy atom. The van der Waals surface area contributed by atoms with Crippen LogP contribution in [0.5, 0.6) is 0 Å². The summed E-state index contributed by atoms with van der Waals surface area (Å²) in [7, 11) is 0. The van der Waals surface area contributed by atoms with Gasteiger partial charge < -0.3 is 10.2 Å². The van der Waals surface area contributed by atoms with Crippen LogP contribution in [-0.4, -0.2) is 27.1 Å². The van der Waals surface area contributed by atoms with Crippen LogP contribution >= 0.6 is 0 Å². The van der Waals surface area contributed by atoms with Crippen LogP contribution < -0.4 is 0 Å². The third-order valence-corrected chi connectivity index (χ3v) is 2.39. The zero-order valence-electron chi connectivity index (χ0n) is 10.4. The van der Waals surface area contributed by atoms with Gasteiger partial charge in [-0.15, -0.1) is 0 Å². The molecule has 0 bridgehead atoms. The van der Waals surface area contributed by atoms with Crippen molar-refractivity contribution < 1.29 is 24.7 Å². The number of rotatable bonds is 5. The second-order valence-corrected chi connectivity index (χ2v) is 3.88. The van der Waals surface area contributed by atoms with Gasteiger partial charge in [0.25, 0.3) is 5.69 Å². The molecule has 0 amide bonds. The number of aliphatic carboxylic acids is 2. The van der Waals surface area contributed by atoms with Crippen molar-refractivity contribution in [1.82, 2.24) is 0 Å². The van der Waals surface area contributed by atoms with Crippen LogP contribution in [0.1, 0.15) is 12.5 Å². The summed E-state index contributed by atoms with van der Waals surface area (Å²) in [5, 5.41) is 28.3. The minimum Gasteiger partial charge on any atom is -0.478 e. The predicted octanol–water partition coefficient (Wildman–Crippen LogP) is 2.09. The molecule has 0 aliphatic heterocycles. The van der Waals surface area contributed by atoms with Gasteiger partial charge in [-0.2, -0.15) is 0 Å². The number of carboxylic acids is 2. The first-order chi connectivity index (χ1) is 9.31. The Bertz CT molecular complexity index is 630. The molecule has 0 saturated carbocycles. The molecule has 0 aliphatic rings. The van der Waals surface area contributed by atoms with Crippen LogP contribution in [0.25, 0.3) is 6.08 Å². The highest BCUT2D eigenvalue weighted by atomic mass is 16.6. The van der Waals surface area contributed by atoms with E-state index in [4.69, 9.17) is 10.2 Å². The molecular weight excluding hydrogens is 266 g/mol. The van der Waals surface area contributed by atoms with E-state index in [1.165, 1.54) is 37.3 Å². The average molecular weight is 277 g/mol. The van der Waals surface area contributed by atoms with Crippen molar-refractivity contribution in [3.63, 3.8) is 0 Å². The molecule has 0 atom stereocenters. The molecule has 0 spiro atoms. The number of non-ortho nitro benzene ring substituents is 1. The van der Waals surface area contributed by atoms with E-state index in [-0.39, 0.29) is 16.8 Å². The van der Waals surface area contributed by atoms with Crippen molar-refractivity contribution in [2.75, 3.05) is 0 Å². The fourth-order valence-corrected chi connectivity index (χ4v) is 1.50. The quantitative estimate of drug-likeness (QED) is 0.368. The molecule has 1 aromatic rings. The Labute approximate surface area is 113 Å². The van der Waals surface area contributed by atoms with Crippen molar-refractivity contribution in [2.45, 2.75) is 6.92 Å². The minimum atomic E-state index is -1.31. The third kappa shape index (κ3) is 4.05. The molecule has 20 heavy (non-hydrogen) atoms. The molecule has 0 unspecified atom stereocenters. The number of nitro benzene ring substituents is 1. The molecule has 0 heterocycles. The smallest absolute Gasteiger partial charge is 0.335 e. The summed E-state index contributed by atoms with van der Waals surface area (Å²) in [6.07, 6.45) is 1.95. The maximum Gasteiger partial charge on any atom is 0.335 e. The molecule has 0 aromatic heterocycles. The highest BCUT2D eigenvalue weighted by Crippen LogP contribution is 2.19. The fraction of sp³-hybridized carbons (Fsp3) is 0.0769. The van der Waals surface area contributed by atoms with Crippen LogP contribution in [0.15, 0.2) is 41.5 Å². The highest BCUT2D eigenvalue weighted by molar-refractivity contribution is 5.99. The Kier molecular flexibility index (Phi) is 4.74. The van der Waals surface area contributed by atoms with Crippen molar-refractivity contribution in [3.05, 3.63) is 57.2 Å². The Morgan fingerprint density at radius 2 is 1.95 bits per heavy atom. The molecule has 0 aliphatic carbocycles. The summed E-state index contributed by atoms with van der Waals surface area (Å²) in [4.78, 5) is 31.7. The van der Waals surface area contributed by atoms with E-state index >= 15 is 0 Å². The second-order valence-electron chi connectivity index (χ2n) is 3.88. The lowest BCUT2D eigenvalue weighted by atomic mass is 10.0. The third-order valence-electron chi connectivity index (χ3n) is 2.39. The standard InChI is InChI=1S/C13H11NO6/c1-8(5-12(15)16)11(13(17)18)7-9-3-2-4-10(6-9)14(19)20/h2-7H,1H3,(H,15,16)(H,17,18)/b8-5+,11-7+. The minimum absolute atomic E-state index is 0.0384. The van der Waals surface area contributed by atoms with Crippen molar-refractivity contribution in [2.24, 2.45) is 0 Å². The molecular formula is C13H11NO6. The van der Waals surface area contributed by atoms with Gasteiger partial charge in [0.1, 0.15) is 0 Å². The number of nitrogens with zero attached hydrogens (tertiary/aromatic N) is 1. The summed E-state index contributed by atoms with van der Waals surface area (Å²) in [5.74, 6) is -2.58. The number of hydrogen-bond donors (Lipinski definition) is 2. The van der Waals surface area contributed by atoms with Crippen molar-refractivity contribution >= 4 is 23.7 Å². The molecule has 0 radical (unpaired) electrons. The maximum absolute atomic E-state index is 11.1. The molecule has 7 heteroatoms.